The van der Waals surface area contributed by atoms with Crippen LogP contribution in [0.4, 0.5) is 0 Å². The molecular formula is C15H11Cl2NO. The lowest BCUT2D eigenvalue weighted by atomic mass is 10.2. The number of aromatic nitrogens is 1. The molecule has 0 saturated carbocycles. The molecule has 1 heterocycles. The van der Waals surface area contributed by atoms with Gasteiger partial charge in [0.15, 0.2) is 0 Å². The molecule has 0 spiro atoms. The molecule has 4 heteroatoms. The quantitative estimate of drug-likeness (QED) is 0.717. The third kappa shape index (κ3) is 2.70. The number of H-pyrrole nitrogens is 1. The smallest absolute Gasteiger partial charge is 0.121 e. The number of hydrogen-bond acceptors (Lipinski definition) is 1. The standard InChI is InChI=1S/C15H11Cl2NO/c16-11-2-1-3-13(6-11)19-9-10-8-18-15-5-4-12(17)7-14(10)15/h1-8,18H,9H2. The van der Waals surface area contributed by atoms with Gasteiger partial charge in [0.25, 0.3) is 0 Å². The second-order valence-electron chi connectivity index (χ2n) is 4.25. The number of benzene rings is 2. The van der Waals surface area contributed by atoms with Crippen LogP contribution >= 0.6 is 23.2 Å². The van der Waals surface area contributed by atoms with Crippen LogP contribution < -0.4 is 4.74 Å². The Morgan fingerprint density at radius 3 is 2.68 bits per heavy atom. The molecule has 0 amide bonds. The number of ether oxygens (including phenoxy) is 1. The van der Waals surface area contributed by atoms with E-state index in [0.717, 1.165) is 27.2 Å². The first-order valence-electron chi connectivity index (χ1n) is 5.86. The van der Waals surface area contributed by atoms with E-state index in [4.69, 9.17) is 27.9 Å². The van der Waals surface area contributed by atoms with E-state index >= 15 is 0 Å². The molecular weight excluding hydrogens is 281 g/mol. The normalized spacial score (nSPS) is 10.8. The molecule has 0 bridgehead atoms. The molecule has 0 aliphatic rings. The predicted molar refractivity (Wildman–Crippen MR) is 79.1 cm³/mol. The number of nitrogens with one attached hydrogen (secondary N) is 1. The Bertz CT molecular complexity index is 721. The topological polar surface area (TPSA) is 25.0 Å². The second-order valence-corrected chi connectivity index (χ2v) is 5.12. The Labute approximate surface area is 120 Å². The average molecular weight is 292 g/mol. The largest absolute Gasteiger partial charge is 0.489 e. The number of fused-ring (bicyclic) bond motifs is 1. The van der Waals surface area contributed by atoms with Gasteiger partial charge < -0.3 is 9.72 Å². The lowest BCUT2D eigenvalue weighted by Gasteiger charge is -2.05. The zero-order valence-electron chi connectivity index (χ0n) is 9.99. The van der Waals surface area contributed by atoms with Crippen LogP contribution in [-0.2, 0) is 6.61 Å². The molecule has 2 nitrogen and oxygen atoms in total. The Balaban J connectivity index is 1.84. The van der Waals surface area contributed by atoms with Gasteiger partial charge in [-0.2, -0.15) is 0 Å². The lowest BCUT2D eigenvalue weighted by Crippen LogP contribution is -1.94. The van der Waals surface area contributed by atoms with Crippen LogP contribution in [0.3, 0.4) is 0 Å². The molecule has 0 radical (unpaired) electrons. The highest BCUT2D eigenvalue weighted by molar-refractivity contribution is 6.31. The second kappa shape index (κ2) is 5.16. The van der Waals surface area contributed by atoms with Crippen molar-refractivity contribution < 1.29 is 4.74 Å². The third-order valence-electron chi connectivity index (χ3n) is 2.92. The van der Waals surface area contributed by atoms with E-state index < -0.39 is 0 Å². The van der Waals surface area contributed by atoms with Gasteiger partial charge in [0.1, 0.15) is 12.4 Å². The van der Waals surface area contributed by atoms with Gasteiger partial charge in [0, 0.05) is 32.7 Å². The molecule has 96 valence electrons. The number of aromatic amines is 1. The molecule has 19 heavy (non-hydrogen) atoms. The monoisotopic (exact) mass is 291 g/mol. The first kappa shape index (κ1) is 12.4. The van der Waals surface area contributed by atoms with Crippen LogP contribution in [0.25, 0.3) is 10.9 Å². The van der Waals surface area contributed by atoms with Crippen LogP contribution in [0.1, 0.15) is 5.56 Å². The molecule has 3 rings (SSSR count). The maximum absolute atomic E-state index is 6.01. The Morgan fingerprint density at radius 1 is 1.00 bits per heavy atom. The van der Waals surface area contributed by atoms with Crippen LogP contribution in [0.2, 0.25) is 10.0 Å². The molecule has 0 saturated heterocycles. The minimum Gasteiger partial charge on any atom is -0.489 e. The minimum atomic E-state index is 0.473. The SMILES string of the molecule is Clc1cccc(OCc2c[nH]c3ccc(Cl)cc23)c1. The van der Waals surface area contributed by atoms with Crippen molar-refractivity contribution in [1.29, 1.82) is 0 Å². The van der Waals surface area contributed by atoms with Crippen molar-refractivity contribution in [2.24, 2.45) is 0 Å². The summed E-state index contributed by atoms with van der Waals surface area (Å²) in [5.74, 6) is 0.754. The Morgan fingerprint density at radius 2 is 1.84 bits per heavy atom. The minimum absolute atomic E-state index is 0.473. The van der Waals surface area contributed by atoms with Crippen molar-refractivity contribution in [1.82, 2.24) is 4.98 Å². The maximum Gasteiger partial charge on any atom is 0.121 e. The van der Waals surface area contributed by atoms with Gasteiger partial charge >= 0.3 is 0 Å². The van der Waals surface area contributed by atoms with Crippen LogP contribution in [0, 0.1) is 0 Å². The van der Waals surface area contributed by atoms with Gasteiger partial charge in [0.2, 0.25) is 0 Å². The van der Waals surface area contributed by atoms with Crippen molar-refractivity contribution in [2.45, 2.75) is 6.61 Å². The fourth-order valence-electron chi connectivity index (χ4n) is 1.99. The summed E-state index contributed by atoms with van der Waals surface area (Å²) < 4.78 is 5.73. The molecule has 0 aliphatic heterocycles. The van der Waals surface area contributed by atoms with Crippen LogP contribution in [0.15, 0.2) is 48.7 Å². The molecule has 1 N–H and O–H groups in total. The van der Waals surface area contributed by atoms with E-state index in [-0.39, 0.29) is 0 Å². The zero-order valence-corrected chi connectivity index (χ0v) is 11.5. The summed E-state index contributed by atoms with van der Waals surface area (Å²) in [6, 6.07) is 13.1. The molecule has 1 aromatic heterocycles. The van der Waals surface area contributed by atoms with Gasteiger partial charge in [-0.3, -0.25) is 0 Å². The summed E-state index contributed by atoms with van der Waals surface area (Å²) in [4.78, 5) is 3.20. The Kier molecular flexibility index (Phi) is 3.36. The van der Waals surface area contributed by atoms with Crippen molar-refractivity contribution in [3.63, 3.8) is 0 Å². The predicted octanol–water partition coefficient (Wildman–Crippen LogP) is 5.05. The lowest BCUT2D eigenvalue weighted by molar-refractivity contribution is 0.307. The van der Waals surface area contributed by atoms with Crippen molar-refractivity contribution >= 4 is 34.1 Å². The summed E-state index contributed by atoms with van der Waals surface area (Å²) >= 11 is 11.9. The van der Waals surface area contributed by atoms with Crippen LogP contribution in [0.5, 0.6) is 5.75 Å². The van der Waals surface area contributed by atoms with Crippen molar-refractivity contribution in [3.05, 3.63) is 64.3 Å². The zero-order chi connectivity index (χ0) is 13.2. The molecule has 0 fully saturated rings. The third-order valence-corrected chi connectivity index (χ3v) is 3.39. The summed E-state index contributed by atoms with van der Waals surface area (Å²) in [5, 5.41) is 2.46. The summed E-state index contributed by atoms with van der Waals surface area (Å²) in [6.07, 6.45) is 1.94. The Hall–Kier alpha value is -1.64. The van der Waals surface area contributed by atoms with Gasteiger partial charge in [-0.05, 0) is 36.4 Å². The first-order valence-corrected chi connectivity index (χ1v) is 6.62. The number of halogens is 2. The van der Waals surface area contributed by atoms with Gasteiger partial charge in [-0.25, -0.2) is 0 Å². The fraction of sp³-hybridized carbons (Fsp3) is 0.0667. The van der Waals surface area contributed by atoms with Gasteiger partial charge in [-0.1, -0.05) is 29.3 Å². The summed E-state index contributed by atoms with van der Waals surface area (Å²) in [5.41, 5.74) is 2.12. The van der Waals surface area contributed by atoms with E-state index in [2.05, 4.69) is 4.98 Å². The molecule has 2 aromatic carbocycles. The highest BCUT2D eigenvalue weighted by Crippen LogP contribution is 2.24. The van der Waals surface area contributed by atoms with E-state index in [1.54, 1.807) is 6.07 Å². The summed E-state index contributed by atoms with van der Waals surface area (Å²) in [7, 11) is 0. The fourth-order valence-corrected chi connectivity index (χ4v) is 2.34. The molecule has 0 unspecified atom stereocenters. The number of rotatable bonds is 3. The highest BCUT2D eigenvalue weighted by atomic mass is 35.5. The number of hydrogen-bond donors (Lipinski definition) is 1. The van der Waals surface area contributed by atoms with Crippen molar-refractivity contribution in [3.8, 4) is 5.75 Å². The van der Waals surface area contributed by atoms with E-state index in [9.17, 15) is 0 Å². The molecule has 0 aliphatic carbocycles. The van der Waals surface area contributed by atoms with E-state index in [1.165, 1.54) is 0 Å². The summed E-state index contributed by atoms with van der Waals surface area (Å²) in [6.45, 7) is 0.473. The van der Waals surface area contributed by atoms with Crippen LogP contribution in [-0.4, -0.2) is 4.98 Å². The van der Waals surface area contributed by atoms with E-state index in [0.29, 0.717) is 11.6 Å². The molecule has 3 aromatic rings. The van der Waals surface area contributed by atoms with Gasteiger partial charge in [-0.15, -0.1) is 0 Å². The van der Waals surface area contributed by atoms with E-state index in [1.807, 2.05) is 42.6 Å². The molecule has 0 atom stereocenters. The van der Waals surface area contributed by atoms with Gasteiger partial charge in [0.05, 0.1) is 0 Å². The maximum atomic E-state index is 6.01. The highest BCUT2D eigenvalue weighted by Gasteiger charge is 2.05. The van der Waals surface area contributed by atoms with Crippen molar-refractivity contribution in [2.75, 3.05) is 0 Å². The average Bonchev–Trinajstić information content (AvgIpc) is 2.79. The first-order chi connectivity index (χ1) is 9.22.